The minimum absolute atomic E-state index is 0.129. The molecule has 0 aromatic heterocycles. The highest BCUT2D eigenvalue weighted by Gasteiger charge is 2.44. The molecule has 1 atom stereocenters. The lowest BCUT2D eigenvalue weighted by Crippen LogP contribution is -2.51. The van der Waals surface area contributed by atoms with Gasteiger partial charge in [0.25, 0.3) is 0 Å². The third kappa shape index (κ3) is 4.45. The van der Waals surface area contributed by atoms with E-state index in [1.165, 1.54) is 0 Å². The van der Waals surface area contributed by atoms with Crippen LogP contribution in [0.1, 0.15) is 44.0 Å². The molecule has 1 unspecified atom stereocenters. The highest BCUT2D eigenvalue weighted by atomic mass is 19.4. The SMILES string of the molecule is CC1(C)CC(=O)C2=C(C1)N(c1ccccc1)C(c1ccc(C(F)(F)F)cc1)N(c1ccccc1)C2. The summed E-state index contributed by atoms with van der Waals surface area (Å²) in [6.45, 7) is 4.59. The molecule has 0 N–H and O–H groups in total. The van der Waals surface area contributed by atoms with Crippen LogP contribution >= 0.6 is 0 Å². The Morgan fingerprint density at radius 1 is 0.800 bits per heavy atom. The van der Waals surface area contributed by atoms with E-state index in [1.807, 2.05) is 60.7 Å². The van der Waals surface area contributed by atoms with Crippen molar-refractivity contribution in [3.8, 4) is 0 Å². The maximum Gasteiger partial charge on any atom is 0.416 e. The van der Waals surface area contributed by atoms with Crippen LogP contribution in [0.3, 0.4) is 0 Å². The molecule has 2 aliphatic rings. The largest absolute Gasteiger partial charge is 0.416 e. The monoisotopic (exact) mass is 476 g/mol. The molecule has 0 radical (unpaired) electrons. The number of carbonyl (C=O) groups is 1. The van der Waals surface area contributed by atoms with Gasteiger partial charge >= 0.3 is 6.18 Å². The molecule has 3 nitrogen and oxygen atoms in total. The van der Waals surface area contributed by atoms with Crippen molar-refractivity contribution in [2.45, 2.75) is 39.0 Å². The molecule has 1 heterocycles. The molecule has 180 valence electrons. The number of anilines is 2. The molecule has 1 aliphatic carbocycles. The average molecular weight is 477 g/mol. The summed E-state index contributed by atoms with van der Waals surface area (Å²) in [5, 5.41) is 0. The third-order valence-electron chi connectivity index (χ3n) is 6.79. The van der Waals surface area contributed by atoms with E-state index in [4.69, 9.17) is 0 Å². The maximum atomic E-state index is 13.4. The molecule has 0 saturated heterocycles. The fourth-order valence-corrected chi connectivity index (χ4v) is 5.19. The first-order chi connectivity index (χ1) is 16.6. The summed E-state index contributed by atoms with van der Waals surface area (Å²) >= 11 is 0. The first kappa shape index (κ1) is 23.2. The number of benzene rings is 3. The number of hydrogen-bond acceptors (Lipinski definition) is 3. The zero-order valence-electron chi connectivity index (χ0n) is 19.7. The van der Waals surface area contributed by atoms with Gasteiger partial charge in [-0.2, -0.15) is 13.2 Å². The van der Waals surface area contributed by atoms with E-state index < -0.39 is 17.9 Å². The van der Waals surface area contributed by atoms with Crippen molar-refractivity contribution < 1.29 is 18.0 Å². The molecule has 0 fully saturated rings. The predicted octanol–water partition coefficient (Wildman–Crippen LogP) is 7.37. The van der Waals surface area contributed by atoms with E-state index in [2.05, 4.69) is 23.6 Å². The van der Waals surface area contributed by atoms with Crippen LogP contribution in [0.5, 0.6) is 0 Å². The van der Waals surface area contributed by atoms with Crippen molar-refractivity contribution in [2.75, 3.05) is 16.3 Å². The van der Waals surface area contributed by atoms with Crippen LogP contribution < -0.4 is 9.80 Å². The summed E-state index contributed by atoms with van der Waals surface area (Å²) < 4.78 is 40.0. The molecular weight excluding hydrogens is 449 g/mol. The number of nitrogens with zero attached hydrogens (tertiary/aromatic N) is 2. The second kappa shape index (κ2) is 8.59. The van der Waals surface area contributed by atoms with Crippen LogP contribution in [0, 0.1) is 5.41 Å². The number of hydrogen-bond donors (Lipinski definition) is 0. The minimum atomic E-state index is -4.40. The third-order valence-corrected chi connectivity index (χ3v) is 6.79. The van der Waals surface area contributed by atoms with Crippen molar-refractivity contribution >= 4 is 17.2 Å². The van der Waals surface area contributed by atoms with Crippen LogP contribution in [0.25, 0.3) is 0 Å². The van der Waals surface area contributed by atoms with Crippen molar-refractivity contribution in [1.29, 1.82) is 0 Å². The van der Waals surface area contributed by atoms with Crippen molar-refractivity contribution in [1.82, 2.24) is 0 Å². The lowest BCUT2D eigenvalue weighted by Gasteiger charge is -2.51. The minimum Gasteiger partial charge on any atom is -0.342 e. The number of halogens is 3. The first-order valence-electron chi connectivity index (χ1n) is 11.7. The van der Waals surface area contributed by atoms with Gasteiger partial charge < -0.3 is 9.80 Å². The standard InChI is InChI=1S/C29H27F3N2O/c1-28(2)17-25-24(26(35)18-28)19-33(22-9-5-3-6-10-22)27(34(25)23-11-7-4-8-12-23)20-13-15-21(16-14-20)29(30,31)32/h3-16,27H,17-19H2,1-2H3. The van der Waals surface area contributed by atoms with Gasteiger partial charge in [-0.15, -0.1) is 0 Å². The quantitative estimate of drug-likeness (QED) is 0.394. The Morgan fingerprint density at radius 2 is 1.37 bits per heavy atom. The molecule has 3 aromatic rings. The second-order valence-electron chi connectivity index (χ2n) is 10.0. The number of para-hydroxylation sites is 2. The van der Waals surface area contributed by atoms with Crippen molar-refractivity contribution in [3.63, 3.8) is 0 Å². The normalized spacial score (nSPS) is 20.1. The van der Waals surface area contributed by atoms with Gasteiger partial charge in [0.2, 0.25) is 0 Å². The number of carbonyl (C=O) groups excluding carboxylic acids is 1. The topological polar surface area (TPSA) is 23.6 Å². The van der Waals surface area contributed by atoms with E-state index in [1.54, 1.807) is 12.1 Å². The van der Waals surface area contributed by atoms with Gasteiger partial charge in [-0.1, -0.05) is 62.4 Å². The fourth-order valence-electron chi connectivity index (χ4n) is 5.19. The summed E-state index contributed by atoms with van der Waals surface area (Å²) in [7, 11) is 0. The summed E-state index contributed by atoms with van der Waals surface area (Å²) in [4.78, 5) is 17.6. The van der Waals surface area contributed by atoms with E-state index in [9.17, 15) is 18.0 Å². The number of Topliss-reactive ketones (excluding diaryl/α,β-unsaturated/α-hetero) is 1. The van der Waals surface area contributed by atoms with Gasteiger partial charge in [-0.05, 0) is 53.8 Å². The van der Waals surface area contributed by atoms with Crippen LogP contribution in [-0.4, -0.2) is 12.3 Å². The fraction of sp³-hybridized carbons (Fsp3) is 0.276. The smallest absolute Gasteiger partial charge is 0.342 e. The Kier molecular flexibility index (Phi) is 5.70. The number of allylic oxidation sites excluding steroid dienone is 1. The van der Waals surface area contributed by atoms with Crippen LogP contribution in [-0.2, 0) is 11.0 Å². The number of ketones is 1. The van der Waals surface area contributed by atoms with Crippen molar-refractivity contribution in [3.05, 3.63) is 107 Å². The molecule has 3 aromatic carbocycles. The average Bonchev–Trinajstić information content (AvgIpc) is 2.83. The molecule has 6 heteroatoms. The van der Waals surface area contributed by atoms with Crippen LogP contribution in [0.15, 0.2) is 96.2 Å². The van der Waals surface area contributed by atoms with E-state index in [0.29, 0.717) is 19.4 Å². The lowest BCUT2D eigenvalue weighted by molar-refractivity contribution is -0.137. The molecule has 35 heavy (non-hydrogen) atoms. The van der Waals surface area contributed by atoms with Gasteiger partial charge in [0, 0.05) is 29.1 Å². The first-order valence-corrected chi connectivity index (χ1v) is 11.7. The van der Waals surface area contributed by atoms with Gasteiger partial charge in [0.1, 0.15) is 6.17 Å². The summed E-state index contributed by atoms with van der Waals surface area (Å²) in [6, 6.07) is 24.9. The van der Waals surface area contributed by atoms with Crippen molar-refractivity contribution in [2.24, 2.45) is 5.41 Å². The Balaban J connectivity index is 1.73. The van der Waals surface area contributed by atoms with E-state index in [0.717, 1.165) is 40.3 Å². The van der Waals surface area contributed by atoms with E-state index >= 15 is 0 Å². The second-order valence-corrected chi connectivity index (χ2v) is 10.0. The lowest BCUT2D eigenvalue weighted by atomic mass is 9.74. The van der Waals surface area contributed by atoms with Gasteiger partial charge in [0.05, 0.1) is 12.1 Å². The molecule has 0 bridgehead atoms. The van der Waals surface area contributed by atoms with Gasteiger partial charge in [0.15, 0.2) is 5.78 Å². The predicted molar refractivity (Wildman–Crippen MR) is 132 cm³/mol. The van der Waals surface area contributed by atoms with Gasteiger partial charge in [-0.25, -0.2) is 0 Å². The Morgan fingerprint density at radius 3 is 1.94 bits per heavy atom. The number of rotatable bonds is 3. The maximum absolute atomic E-state index is 13.4. The highest BCUT2D eigenvalue weighted by molar-refractivity contribution is 6.00. The zero-order chi connectivity index (χ0) is 24.8. The Labute approximate surface area is 203 Å². The highest BCUT2D eigenvalue weighted by Crippen LogP contribution is 2.48. The number of alkyl halides is 3. The molecular formula is C29H27F3N2O. The summed E-state index contributed by atoms with van der Waals surface area (Å²) in [6.07, 6.45) is -3.63. The van der Waals surface area contributed by atoms with Gasteiger partial charge in [-0.3, -0.25) is 4.79 Å². The summed E-state index contributed by atoms with van der Waals surface area (Å²) in [5.41, 5.74) is 3.38. The molecule has 1 aliphatic heterocycles. The zero-order valence-corrected chi connectivity index (χ0v) is 19.7. The molecule has 0 saturated carbocycles. The van der Waals surface area contributed by atoms with Crippen LogP contribution in [0.2, 0.25) is 0 Å². The molecule has 0 spiro atoms. The van der Waals surface area contributed by atoms with E-state index in [-0.39, 0.29) is 11.2 Å². The molecule has 0 amide bonds. The van der Waals surface area contributed by atoms with Crippen LogP contribution in [0.4, 0.5) is 24.5 Å². The Hall–Kier alpha value is -3.54. The molecule has 5 rings (SSSR count). The Bertz CT molecular complexity index is 1250. The summed E-state index contributed by atoms with van der Waals surface area (Å²) in [5.74, 6) is 0.129.